The summed E-state index contributed by atoms with van der Waals surface area (Å²) in [5, 5.41) is 24.2. The molecule has 0 aliphatic carbocycles. The standard InChI is InChI=1S/C14H12Cl2N4O4/c15-9-2-1-3-10(16)12(9)11(21)6-19-14-8(13(17)22)4-7(5-18-14)20(23)24/h1-5,11,21H,6H2,(H2,17,22)(H,18,19). The fourth-order valence-electron chi connectivity index (χ4n) is 2.01. The molecule has 1 heterocycles. The Morgan fingerprint density at radius 2 is 2.04 bits per heavy atom. The number of hydrogen-bond donors (Lipinski definition) is 3. The normalized spacial score (nSPS) is 11.8. The Kier molecular flexibility index (Phi) is 5.55. The molecule has 0 radical (unpaired) electrons. The van der Waals surface area contributed by atoms with Crippen LogP contribution in [0, 0.1) is 10.1 Å². The van der Waals surface area contributed by atoms with Gasteiger partial charge in [-0.15, -0.1) is 0 Å². The Morgan fingerprint density at radius 3 is 2.58 bits per heavy atom. The van der Waals surface area contributed by atoms with Gasteiger partial charge in [0.2, 0.25) is 0 Å². The summed E-state index contributed by atoms with van der Waals surface area (Å²) in [7, 11) is 0. The number of benzene rings is 1. The van der Waals surface area contributed by atoms with E-state index in [1.807, 2.05) is 0 Å². The molecule has 0 saturated heterocycles. The fraction of sp³-hybridized carbons (Fsp3) is 0.143. The van der Waals surface area contributed by atoms with Gasteiger partial charge in [0.15, 0.2) is 0 Å². The molecule has 1 unspecified atom stereocenters. The van der Waals surface area contributed by atoms with E-state index in [4.69, 9.17) is 28.9 Å². The van der Waals surface area contributed by atoms with Gasteiger partial charge in [-0.05, 0) is 12.1 Å². The van der Waals surface area contributed by atoms with Crippen LogP contribution in [0.15, 0.2) is 30.5 Å². The number of halogens is 2. The molecule has 24 heavy (non-hydrogen) atoms. The smallest absolute Gasteiger partial charge is 0.288 e. The van der Waals surface area contributed by atoms with E-state index in [9.17, 15) is 20.0 Å². The first-order valence-electron chi connectivity index (χ1n) is 6.61. The number of nitrogens with zero attached hydrogens (tertiary/aromatic N) is 2. The van der Waals surface area contributed by atoms with Crippen LogP contribution in [-0.2, 0) is 0 Å². The number of nitrogens with two attached hydrogens (primary N) is 1. The molecular formula is C14H12Cl2N4O4. The highest BCUT2D eigenvalue weighted by Gasteiger charge is 2.19. The van der Waals surface area contributed by atoms with E-state index >= 15 is 0 Å². The van der Waals surface area contributed by atoms with E-state index in [-0.39, 0.29) is 33.7 Å². The van der Waals surface area contributed by atoms with Crippen LogP contribution in [0.25, 0.3) is 0 Å². The van der Waals surface area contributed by atoms with Crippen LogP contribution in [0.1, 0.15) is 22.0 Å². The molecule has 0 fully saturated rings. The summed E-state index contributed by atoms with van der Waals surface area (Å²) >= 11 is 12.0. The van der Waals surface area contributed by atoms with Crippen molar-refractivity contribution >= 4 is 40.6 Å². The number of pyridine rings is 1. The molecule has 2 rings (SSSR count). The lowest BCUT2D eigenvalue weighted by molar-refractivity contribution is -0.385. The molecular weight excluding hydrogens is 359 g/mol. The zero-order chi connectivity index (χ0) is 17.9. The summed E-state index contributed by atoms with van der Waals surface area (Å²) in [5.41, 5.74) is 4.98. The number of aliphatic hydroxyl groups is 1. The van der Waals surface area contributed by atoms with Crippen molar-refractivity contribution in [2.24, 2.45) is 5.73 Å². The molecule has 4 N–H and O–H groups in total. The van der Waals surface area contributed by atoms with Crippen LogP contribution >= 0.6 is 23.2 Å². The molecule has 8 nitrogen and oxygen atoms in total. The van der Waals surface area contributed by atoms with Gasteiger partial charge < -0.3 is 16.2 Å². The van der Waals surface area contributed by atoms with Crippen molar-refractivity contribution in [3.05, 3.63) is 61.7 Å². The lowest BCUT2D eigenvalue weighted by Crippen LogP contribution is -2.19. The molecule has 0 bridgehead atoms. The Morgan fingerprint density at radius 1 is 1.42 bits per heavy atom. The van der Waals surface area contributed by atoms with Gasteiger partial charge >= 0.3 is 0 Å². The van der Waals surface area contributed by atoms with Gasteiger partial charge in [0.1, 0.15) is 12.0 Å². The van der Waals surface area contributed by atoms with Crippen LogP contribution in [-0.4, -0.2) is 27.5 Å². The molecule has 1 amide bonds. The summed E-state index contributed by atoms with van der Waals surface area (Å²) in [6.07, 6.45) is -0.118. The molecule has 0 spiro atoms. The maximum absolute atomic E-state index is 11.4. The average molecular weight is 371 g/mol. The lowest BCUT2D eigenvalue weighted by atomic mass is 10.1. The number of hydrogen-bond acceptors (Lipinski definition) is 6. The van der Waals surface area contributed by atoms with Gasteiger partial charge in [-0.1, -0.05) is 29.3 Å². The van der Waals surface area contributed by atoms with Crippen LogP contribution in [0.4, 0.5) is 11.5 Å². The van der Waals surface area contributed by atoms with E-state index in [0.29, 0.717) is 5.56 Å². The number of carbonyl (C=O) groups excluding carboxylic acids is 1. The first-order chi connectivity index (χ1) is 11.3. The molecule has 0 aliphatic rings. The predicted molar refractivity (Wildman–Crippen MR) is 89.3 cm³/mol. The molecule has 0 saturated carbocycles. The largest absolute Gasteiger partial charge is 0.386 e. The van der Waals surface area contributed by atoms with Crippen LogP contribution in [0.3, 0.4) is 0 Å². The second kappa shape index (κ2) is 7.43. The average Bonchev–Trinajstić information content (AvgIpc) is 2.52. The number of anilines is 1. The van der Waals surface area contributed by atoms with Gasteiger partial charge in [-0.3, -0.25) is 14.9 Å². The highest BCUT2D eigenvalue weighted by atomic mass is 35.5. The summed E-state index contributed by atoms with van der Waals surface area (Å²) < 4.78 is 0. The zero-order valence-electron chi connectivity index (χ0n) is 12.1. The van der Waals surface area contributed by atoms with Gasteiger partial charge in [0.25, 0.3) is 11.6 Å². The number of aromatic nitrogens is 1. The molecule has 10 heteroatoms. The molecule has 2 aromatic rings. The highest BCUT2D eigenvalue weighted by molar-refractivity contribution is 6.36. The number of primary amides is 1. The monoisotopic (exact) mass is 370 g/mol. The van der Waals surface area contributed by atoms with Crippen LogP contribution in [0.2, 0.25) is 10.0 Å². The van der Waals surface area contributed by atoms with Gasteiger partial charge in [0, 0.05) is 28.2 Å². The second-order valence-corrected chi connectivity index (χ2v) is 5.56. The van der Waals surface area contributed by atoms with E-state index in [1.165, 1.54) is 0 Å². The van der Waals surface area contributed by atoms with Crippen molar-refractivity contribution in [3.63, 3.8) is 0 Å². The first kappa shape index (κ1) is 17.9. The van der Waals surface area contributed by atoms with Crippen LogP contribution in [0.5, 0.6) is 0 Å². The Bertz CT molecular complexity index is 780. The molecule has 1 aromatic heterocycles. The van der Waals surface area contributed by atoms with Gasteiger partial charge in [-0.25, -0.2) is 4.98 Å². The number of nitrogens with one attached hydrogen (secondary N) is 1. The maximum Gasteiger partial charge on any atom is 0.288 e. The van der Waals surface area contributed by atoms with Crippen LogP contribution < -0.4 is 11.1 Å². The zero-order valence-corrected chi connectivity index (χ0v) is 13.6. The minimum atomic E-state index is -1.09. The van der Waals surface area contributed by atoms with E-state index in [1.54, 1.807) is 18.2 Å². The molecule has 1 aromatic carbocycles. The lowest BCUT2D eigenvalue weighted by Gasteiger charge is -2.16. The predicted octanol–water partition coefficient (Wildman–Crippen LogP) is 2.54. The summed E-state index contributed by atoms with van der Waals surface area (Å²) in [6.45, 7) is -0.0887. The van der Waals surface area contributed by atoms with Gasteiger partial charge in [-0.2, -0.15) is 0 Å². The number of rotatable bonds is 6. The van der Waals surface area contributed by atoms with Gasteiger partial charge in [0.05, 0.1) is 16.6 Å². The quantitative estimate of drug-likeness (QED) is 0.528. The van der Waals surface area contributed by atoms with Crippen molar-refractivity contribution in [1.29, 1.82) is 0 Å². The van der Waals surface area contributed by atoms with Crippen molar-refractivity contribution in [3.8, 4) is 0 Å². The van der Waals surface area contributed by atoms with Crippen molar-refractivity contribution in [2.75, 3.05) is 11.9 Å². The minimum absolute atomic E-state index is 0.00956. The third-order valence-electron chi connectivity index (χ3n) is 3.15. The Hall–Kier alpha value is -2.42. The summed E-state index contributed by atoms with van der Waals surface area (Å²) in [6, 6.07) is 5.79. The SMILES string of the molecule is NC(=O)c1cc([N+](=O)[O-])cnc1NCC(O)c1c(Cl)cccc1Cl. The third kappa shape index (κ3) is 3.91. The number of carbonyl (C=O) groups is 1. The second-order valence-electron chi connectivity index (χ2n) is 4.74. The third-order valence-corrected chi connectivity index (χ3v) is 3.80. The minimum Gasteiger partial charge on any atom is -0.386 e. The topological polar surface area (TPSA) is 131 Å². The first-order valence-corrected chi connectivity index (χ1v) is 7.37. The Balaban J connectivity index is 2.22. The molecule has 126 valence electrons. The number of amides is 1. The number of nitro groups is 1. The molecule has 0 aliphatic heterocycles. The van der Waals surface area contributed by atoms with Crippen molar-refractivity contribution in [1.82, 2.24) is 4.98 Å². The highest BCUT2D eigenvalue weighted by Crippen LogP contribution is 2.30. The van der Waals surface area contributed by atoms with Crippen molar-refractivity contribution in [2.45, 2.75) is 6.10 Å². The summed E-state index contributed by atoms with van der Waals surface area (Å²) in [4.78, 5) is 25.3. The molecule has 1 atom stereocenters. The van der Waals surface area contributed by atoms with E-state index in [0.717, 1.165) is 12.3 Å². The Labute approximate surface area is 146 Å². The summed E-state index contributed by atoms with van der Waals surface area (Å²) in [5.74, 6) is -0.880. The van der Waals surface area contributed by atoms with Crippen molar-refractivity contribution < 1.29 is 14.8 Å². The number of aliphatic hydroxyl groups excluding tert-OH is 1. The maximum atomic E-state index is 11.4. The van der Waals surface area contributed by atoms with E-state index < -0.39 is 16.9 Å². The van der Waals surface area contributed by atoms with E-state index in [2.05, 4.69) is 10.3 Å². The fourth-order valence-corrected chi connectivity index (χ4v) is 2.66.